The zero-order valence-electron chi connectivity index (χ0n) is 16.1. The Morgan fingerprint density at radius 3 is 2.52 bits per heavy atom. The quantitative estimate of drug-likeness (QED) is 0.406. The van der Waals surface area contributed by atoms with Gasteiger partial charge in [-0.3, -0.25) is 9.69 Å². The summed E-state index contributed by atoms with van der Waals surface area (Å²) < 4.78 is 5.40. The summed E-state index contributed by atoms with van der Waals surface area (Å²) in [7, 11) is 0. The standard InChI is InChI=1S/C23H22N2O4/c26-19-13-16(20-17-8-4-3-7-15(17)9-10-18(20)29-19)14-25-21(27)23(24-22(25)28)11-5-1-2-6-12-23/h3-4,7-10,13H,1-2,5-6,11-12,14H2,(H,24,28). The van der Waals surface area contributed by atoms with Gasteiger partial charge >= 0.3 is 11.7 Å². The molecular formula is C23H22N2O4. The molecule has 2 heterocycles. The largest absolute Gasteiger partial charge is 0.423 e. The van der Waals surface area contributed by atoms with Gasteiger partial charge in [0.25, 0.3) is 5.91 Å². The second-order valence-electron chi connectivity index (χ2n) is 8.07. The third kappa shape index (κ3) is 2.90. The molecule has 0 radical (unpaired) electrons. The van der Waals surface area contributed by atoms with Gasteiger partial charge < -0.3 is 9.73 Å². The summed E-state index contributed by atoms with van der Waals surface area (Å²) in [6, 6.07) is 12.5. The monoisotopic (exact) mass is 390 g/mol. The van der Waals surface area contributed by atoms with Gasteiger partial charge in [0.15, 0.2) is 0 Å². The van der Waals surface area contributed by atoms with E-state index in [0.717, 1.165) is 41.8 Å². The van der Waals surface area contributed by atoms with E-state index in [1.54, 1.807) is 6.07 Å². The molecule has 1 saturated heterocycles. The molecule has 0 unspecified atom stereocenters. The highest BCUT2D eigenvalue weighted by atomic mass is 16.4. The van der Waals surface area contributed by atoms with E-state index in [4.69, 9.17) is 4.42 Å². The number of imide groups is 1. The second kappa shape index (κ2) is 6.72. The van der Waals surface area contributed by atoms with Crippen molar-refractivity contribution < 1.29 is 14.0 Å². The van der Waals surface area contributed by atoms with Crippen LogP contribution in [-0.4, -0.2) is 22.4 Å². The topological polar surface area (TPSA) is 79.6 Å². The van der Waals surface area contributed by atoms with Crippen LogP contribution in [0.3, 0.4) is 0 Å². The van der Waals surface area contributed by atoms with Gasteiger partial charge in [-0.1, -0.05) is 56.0 Å². The number of hydrogen-bond donors (Lipinski definition) is 1. The van der Waals surface area contributed by atoms with Crippen LogP contribution < -0.4 is 10.9 Å². The van der Waals surface area contributed by atoms with Crippen molar-refractivity contribution in [3.05, 3.63) is 58.4 Å². The summed E-state index contributed by atoms with van der Waals surface area (Å²) in [6.07, 6.45) is 5.39. The number of carbonyl (C=O) groups is 2. The average Bonchev–Trinajstić information content (AvgIpc) is 2.88. The molecule has 0 atom stereocenters. The molecule has 2 aromatic carbocycles. The van der Waals surface area contributed by atoms with Gasteiger partial charge in [-0.25, -0.2) is 9.59 Å². The lowest BCUT2D eigenvalue weighted by Gasteiger charge is -2.24. The lowest BCUT2D eigenvalue weighted by molar-refractivity contribution is -0.132. The molecule has 5 rings (SSSR count). The summed E-state index contributed by atoms with van der Waals surface area (Å²) >= 11 is 0. The van der Waals surface area contributed by atoms with Crippen molar-refractivity contribution in [3.8, 4) is 0 Å². The number of nitrogens with one attached hydrogen (secondary N) is 1. The van der Waals surface area contributed by atoms with E-state index in [9.17, 15) is 14.4 Å². The van der Waals surface area contributed by atoms with Crippen LogP contribution in [0.4, 0.5) is 4.79 Å². The summed E-state index contributed by atoms with van der Waals surface area (Å²) in [5, 5.41) is 5.67. The van der Waals surface area contributed by atoms with Crippen molar-refractivity contribution in [2.75, 3.05) is 0 Å². The van der Waals surface area contributed by atoms with E-state index in [1.165, 1.54) is 11.0 Å². The van der Waals surface area contributed by atoms with Crippen LogP contribution in [0.5, 0.6) is 0 Å². The molecule has 6 nitrogen and oxygen atoms in total. The maximum atomic E-state index is 13.3. The molecule has 1 saturated carbocycles. The molecule has 0 bridgehead atoms. The maximum absolute atomic E-state index is 13.3. The molecule has 3 amide bonds. The molecule has 2 fully saturated rings. The number of urea groups is 1. The Kier molecular flexibility index (Phi) is 4.15. The Balaban J connectivity index is 1.60. The Morgan fingerprint density at radius 1 is 0.966 bits per heavy atom. The Morgan fingerprint density at radius 2 is 1.72 bits per heavy atom. The number of rotatable bonds is 2. The minimum atomic E-state index is -0.787. The van der Waals surface area contributed by atoms with Gasteiger partial charge in [-0.15, -0.1) is 0 Å². The molecular weight excluding hydrogens is 368 g/mol. The third-order valence-electron chi connectivity index (χ3n) is 6.25. The number of amides is 3. The predicted octanol–water partition coefficient (Wildman–Crippen LogP) is 4.09. The van der Waals surface area contributed by atoms with Crippen molar-refractivity contribution in [2.45, 2.75) is 50.6 Å². The van der Waals surface area contributed by atoms with Gasteiger partial charge in [-0.2, -0.15) is 0 Å². The number of fused-ring (bicyclic) bond motifs is 3. The van der Waals surface area contributed by atoms with E-state index in [-0.39, 0.29) is 18.5 Å². The van der Waals surface area contributed by atoms with E-state index < -0.39 is 11.2 Å². The smallest absolute Gasteiger partial charge is 0.336 e. The normalized spacial score (nSPS) is 19.1. The molecule has 1 spiro atoms. The van der Waals surface area contributed by atoms with E-state index in [1.807, 2.05) is 30.3 Å². The van der Waals surface area contributed by atoms with Gasteiger partial charge in [0.05, 0.1) is 6.54 Å². The van der Waals surface area contributed by atoms with Crippen LogP contribution in [0.2, 0.25) is 0 Å². The van der Waals surface area contributed by atoms with Gasteiger partial charge in [0.2, 0.25) is 0 Å². The lowest BCUT2D eigenvalue weighted by Crippen LogP contribution is -2.46. The molecule has 1 aromatic heterocycles. The van der Waals surface area contributed by atoms with Crippen LogP contribution in [0, 0.1) is 0 Å². The number of hydrogen-bond acceptors (Lipinski definition) is 4. The predicted molar refractivity (Wildman–Crippen MR) is 110 cm³/mol. The first-order chi connectivity index (χ1) is 14.1. The highest BCUT2D eigenvalue weighted by Crippen LogP contribution is 2.34. The SMILES string of the molecule is O=C1NC2(CCCCCC2)C(=O)N1Cc1cc(=O)oc2ccc3ccccc3c12. The fourth-order valence-corrected chi connectivity index (χ4v) is 4.81. The minimum Gasteiger partial charge on any atom is -0.423 e. The lowest BCUT2D eigenvalue weighted by atomic mass is 9.90. The molecule has 29 heavy (non-hydrogen) atoms. The zero-order valence-corrected chi connectivity index (χ0v) is 16.1. The molecule has 1 aliphatic carbocycles. The van der Waals surface area contributed by atoms with Gasteiger partial charge in [0, 0.05) is 11.5 Å². The van der Waals surface area contributed by atoms with E-state index >= 15 is 0 Å². The Bertz CT molecular complexity index is 1190. The highest BCUT2D eigenvalue weighted by molar-refractivity contribution is 6.09. The Labute approximate surface area is 167 Å². The van der Waals surface area contributed by atoms with Crippen molar-refractivity contribution in [3.63, 3.8) is 0 Å². The summed E-state index contributed by atoms with van der Waals surface area (Å²) in [4.78, 5) is 39.4. The van der Waals surface area contributed by atoms with Crippen molar-refractivity contribution in [1.82, 2.24) is 10.2 Å². The molecule has 2 aliphatic rings. The highest BCUT2D eigenvalue weighted by Gasteiger charge is 2.50. The van der Waals surface area contributed by atoms with Crippen LogP contribution in [0.15, 0.2) is 51.7 Å². The maximum Gasteiger partial charge on any atom is 0.336 e. The van der Waals surface area contributed by atoms with Gasteiger partial charge in [-0.05, 0) is 35.2 Å². The van der Waals surface area contributed by atoms with Crippen LogP contribution in [0.1, 0.15) is 44.1 Å². The van der Waals surface area contributed by atoms with Crippen molar-refractivity contribution >= 4 is 33.7 Å². The first kappa shape index (κ1) is 17.9. The van der Waals surface area contributed by atoms with Crippen LogP contribution in [-0.2, 0) is 11.3 Å². The molecule has 3 aromatic rings. The number of carbonyl (C=O) groups excluding carboxylic acids is 2. The molecule has 148 valence electrons. The van der Waals surface area contributed by atoms with Crippen LogP contribution in [0.25, 0.3) is 21.7 Å². The average molecular weight is 390 g/mol. The summed E-state index contributed by atoms with van der Waals surface area (Å²) in [6.45, 7) is 0.0581. The molecule has 1 aliphatic heterocycles. The third-order valence-corrected chi connectivity index (χ3v) is 6.25. The van der Waals surface area contributed by atoms with E-state index in [0.29, 0.717) is 24.0 Å². The van der Waals surface area contributed by atoms with Gasteiger partial charge in [0.1, 0.15) is 11.1 Å². The minimum absolute atomic E-state index is 0.0581. The fourth-order valence-electron chi connectivity index (χ4n) is 4.81. The Hall–Kier alpha value is -3.15. The zero-order chi connectivity index (χ0) is 20.0. The van der Waals surface area contributed by atoms with Crippen LogP contribution >= 0.6 is 0 Å². The van der Waals surface area contributed by atoms with Crippen molar-refractivity contribution in [1.29, 1.82) is 0 Å². The first-order valence-corrected chi connectivity index (χ1v) is 10.2. The second-order valence-corrected chi connectivity index (χ2v) is 8.07. The number of nitrogens with zero attached hydrogens (tertiary/aromatic N) is 1. The molecule has 6 heteroatoms. The summed E-state index contributed by atoms with van der Waals surface area (Å²) in [5.41, 5.74) is -0.186. The molecule has 1 N–H and O–H groups in total. The fraction of sp³-hybridized carbons (Fsp3) is 0.348. The van der Waals surface area contributed by atoms with Crippen molar-refractivity contribution in [2.24, 2.45) is 0 Å². The van der Waals surface area contributed by atoms with E-state index in [2.05, 4.69) is 5.32 Å². The first-order valence-electron chi connectivity index (χ1n) is 10.2. The summed E-state index contributed by atoms with van der Waals surface area (Å²) in [5.74, 6) is -0.175. The number of benzene rings is 2.